The molecule has 1 nitrogen and oxygen atoms in total. The number of thiophene rings is 1. The van der Waals surface area contributed by atoms with Crippen LogP contribution in [0.25, 0.3) is 10.4 Å². The maximum Gasteiger partial charge on any atom is 0.0346 e. The van der Waals surface area contributed by atoms with Crippen molar-refractivity contribution >= 4 is 11.3 Å². The summed E-state index contributed by atoms with van der Waals surface area (Å²) in [6.45, 7) is 9.85. The first-order chi connectivity index (χ1) is 9.06. The molecular formula is C17H23NS. The molecule has 0 saturated carbocycles. The third kappa shape index (κ3) is 3.92. The van der Waals surface area contributed by atoms with E-state index in [2.05, 4.69) is 69.4 Å². The molecule has 1 heterocycles. The summed E-state index contributed by atoms with van der Waals surface area (Å²) in [4.78, 5) is 2.76. The molecule has 19 heavy (non-hydrogen) atoms. The molecule has 0 fully saturated rings. The van der Waals surface area contributed by atoms with Crippen molar-refractivity contribution in [1.29, 1.82) is 0 Å². The molecule has 0 aliphatic rings. The first-order valence-electron chi connectivity index (χ1n) is 6.95. The van der Waals surface area contributed by atoms with Crippen LogP contribution in [0.2, 0.25) is 0 Å². The van der Waals surface area contributed by atoms with E-state index < -0.39 is 0 Å². The van der Waals surface area contributed by atoms with Crippen molar-refractivity contribution in [2.45, 2.75) is 40.3 Å². The Labute approximate surface area is 120 Å². The Hall–Kier alpha value is -1.12. The second kappa shape index (κ2) is 6.36. The smallest absolute Gasteiger partial charge is 0.0346 e. The van der Waals surface area contributed by atoms with Crippen LogP contribution in [-0.4, -0.2) is 6.04 Å². The minimum atomic E-state index is 0.560. The second-order valence-electron chi connectivity index (χ2n) is 5.55. The fourth-order valence-corrected chi connectivity index (χ4v) is 2.81. The van der Waals surface area contributed by atoms with E-state index >= 15 is 0 Å². The van der Waals surface area contributed by atoms with Gasteiger partial charge >= 0.3 is 0 Å². The Balaban J connectivity index is 2.01. The van der Waals surface area contributed by atoms with Gasteiger partial charge < -0.3 is 5.32 Å². The van der Waals surface area contributed by atoms with Gasteiger partial charge in [-0.2, -0.15) is 0 Å². The van der Waals surface area contributed by atoms with Crippen LogP contribution in [-0.2, 0) is 6.54 Å². The summed E-state index contributed by atoms with van der Waals surface area (Å²) in [5.74, 6) is 0.677. The van der Waals surface area contributed by atoms with Gasteiger partial charge in [0.05, 0.1) is 0 Å². The molecule has 0 aliphatic heterocycles. The Morgan fingerprint density at radius 1 is 1.00 bits per heavy atom. The molecule has 0 bridgehead atoms. The van der Waals surface area contributed by atoms with Crippen LogP contribution < -0.4 is 5.32 Å². The summed E-state index contributed by atoms with van der Waals surface area (Å²) >= 11 is 1.88. The lowest BCUT2D eigenvalue weighted by molar-refractivity contribution is 0.428. The molecule has 0 radical (unpaired) electrons. The molecule has 0 amide bonds. The van der Waals surface area contributed by atoms with Crippen molar-refractivity contribution in [3.8, 4) is 10.4 Å². The van der Waals surface area contributed by atoms with Gasteiger partial charge in [-0.1, -0.05) is 43.7 Å². The maximum absolute atomic E-state index is 3.58. The third-order valence-corrected chi connectivity index (χ3v) is 4.73. The topological polar surface area (TPSA) is 12.0 Å². The van der Waals surface area contributed by atoms with E-state index in [9.17, 15) is 0 Å². The van der Waals surface area contributed by atoms with Crippen molar-refractivity contribution in [1.82, 2.24) is 5.32 Å². The molecular weight excluding hydrogens is 250 g/mol. The minimum absolute atomic E-state index is 0.560. The summed E-state index contributed by atoms with van der Waals surface area (Å²) in [6, 6.07) is 13.8. The van der Waals surface area contributed by atoms with E-state index in [0.29, 0.717) is 12.0 Å². The molecule has 1 atom stereocenters. The predicted octanol–water partition coefficient (Wildman–Crippen LogP) is 4.86. The summed E-state index contributed by atoms with van der Waals surface area (Å²) in [6.07, 6.45) is 0. The Morgan fingerprint density at radius 2 is 1.68 bits per heavy atom. The quantitative estimate of drug-likeness (QED) is 0.820. The zero-order valence-electron chi connectivity index (χ0n) is 12.2. The highest BCUT2D eigenvalue weighted by Gasteiger charge is 2.07. The van der Waals surface area contributed by atoms with Crippen LogP contribution >= 0.6 is 11.3 Å². The normalized spacial score (nSPS) is 12.9. The SMILES string of the molecule is Cc1ccc(-c2ccc(CNC(C)C(C)C)s2)cc1. The van der Waals surface area contributed by atoms with Crippen molar-refractivity contribution in [3.63, 3.8) is 0 Å². The highest BCUT2D eigenvalue weighted by atomic mass is 32.1. The third-order valence-electron chi connectivity index (χ3n) is 3.60. The fraction of sp³-hybridized carbons (Fsp3) is 0.412. The van der Waals surface area contributed by atoms with Crippen LogP contribution in [0.4, 0.5) is 0 Å². The number of hydrogen-bond donors (Lipinski definition) is 1. The summed E-state index contributed by atoms with van der Waals surface area (Å²) < 4.78 is 0. The van der Waals surface area contributed by atoms with E-state index in [1.54, 1.807) is 0 Å². The van der Waals surface area contributed by atoms with Gasteiger partial charge in [0.2, 0.25) is 0 Å². The molecule has 2 aromatic rings. The number of nitrogens with one attached hydrogen (secondary N) is 1. The van der Waals surface area contributed by atoms with Crippen molar-refractivity contribution in [3.05, 3.63) is 46.8 Å². The van der Waals surface area contributed by atoms with Gasteiger partial charge in [-0.05, 0) is 37.5 Å². The van der Waals surface area contributed by atoms with E-state index in [1.807, 2.05) is 11.3 Å². The molecule has 102 valence electrons. The van der Waals surface area contributed by atoms with E-state index in [0.717, 1.165) is 6.54 Å². The Morgan fingerprint density at radius 3 is 2.32 bits per heavy atom. The van der Waals surface area contributed by atoms with Gasteiger partial charge in [0.25, 0.3) is 0 Å². The average Bonchev–Trinajstić information content (AvgIpc) is 2.85. The zero-order valence-corrected chi connectivity index (χ0v) is 13.1. The van der Waals surface area contributed by atoms with Gasteiger partial charge in [0, 0.05) is 22.3 Å². The van der Waals surface area contributed by atoms with E-state index in [4.69, 9.17) is 0 Å². The minimum Gasteiger partial charge on any atom is -0.309 e. The van der Waals surface area contributed by atoms with Crippen LogP contribution in [0.5, 0.6) is 0 Å². The van der Waals surface area contributed by atoms with Gasteiger partial charge in [-0.15, -0.1) is 11.3 Å². The summed E-state index contributed by atoms with van der Waals surface area (Å²) in [5, 5.41) is 3.58. The number of benzene rings is 1. The predicted molar refractivity (Wildman–Crippen MR) is 85.6 cm³/mol. The molecule has 2 rings (SSSR count). The molecule has 0 saturated heterocycles. The number of rotatable bonds is 5. The fourth-order valence-electron chi connectivity index (χ4n) is 1.84. The monoisotopic (exact) mass is 273 g/mol. The summed E-state index contributed by atoms with van der Waals surface area (Å²) in [5.41, 5.74) is 2.63. The number of aryl methyl sites for hydroxylation is 1. The zero-order chi connectivity index (χ0) is 13.8. The van der Waals surface area contributed by atoms with Crippen molar-refractivity contribution < 1.29 is 0 Å². The molecule has 1 aromatic carbocycles. The van der Waals surface area contributed by atoms with Crippen LogP contribution in [0, 0.1) is 12.8 Å². The average molecular weight is 273 g/mol. The van der Waals surface area contributed by atoms with Crippen LogP contribution in [0.1, 0.15) is 31.2 Å². The van der Waals surface area contributed by atoms with Crippen LogP contribution in [0.3, 0.4) is 0 Å². The molecule has 1 N–H and O–H groups in total. The molecule has 0 aliphatic carbocycles. The van der Waals surface area contributed by atoms with Gasteiger partial charge in [0.15, 0.2) is 0 Å². The van der Waals surface area contributed by atoms with E-state index in [1.165, 1.54) is 20.9 Å². The first-order valence-corrected chi connectivity index (χ1v) is 7.77. The van der Waals surface area contributed by atoms with Crippen molar-refractivity contribution in [2.24, 2.45) is 5.92 Å². The Kier molecular flexibility index (Phi) is 4.78. The van der Waals surface area contributed by atoms with Crippen molar-refractivity contribution in [2.75, 3.05) is 0 Å². The van der Waals surface area contributed by atoms with Gasteiger partial charge in [0.1, 0.15) is 0 Å². The molecule has 2 heteroatoms. The molecule has 1 aromatic heterocycles. The lowest BCUT2D eigenvalue weighted by atomic mass is 10.1. The lowest BCUT2D eigenvalue weighted by Gasteiger charge is -2.16. The standard InChI is InChI=1S/C17H23NS/c1-12(2)14(4)18-11-16-9-10-17(19-16)15-7-5-13(3)6-8-15/h5-10,12,14,18H,11H2,1-4H3. The highest BCUT2D eigenvalue weighted by molar-refractivity contribution is 7.15. The Bertz CT molecular complexity index is 510. The maximum atomic E-state index is 3.58. The number of hydrogen-bond acceptors (Lipinski definition) is 2. The lowest BCUT2D eigenvalue weighted by Crippen LogP contribution is -2.29. The van der Waals surface area contributed by atoms with E-state index in [-0.39, 0.29) is 0 Å². The summed E-state index contributed by atoms with van der Waals surface area (Å²) in [7, 11) is 0. The van der Waals surface area contributed by atoms with Gasteiger partial charge in [-0.25, -0.2) is 0 Å². The van der Waals surface area contributed by atoms with Crippen LogP contribution in [0.15, 0.2) is 36.4 Å². The second-order valence-corrected chi connectivity index (χ2v) is 6.71. The van der Waals surface area contributed by atoms with Gasteiger partial charge in [-0.3, -0.25) is 0 Å². The molecule has 1 unspecified atom stereocenters. The largest absolute Gasteiger partial charge is 0.309 e. The highest BCUT2D eigenvalue weighted by Crippen LogP contribution is 2.28. The molecule has 0 spiro atoms. The first kappa shape index (κ1) is 14.3.